The lowest BCUT2D eigenvalue weighted by Gasteiger charge is -2.13. The molecule has 1 N–H and O–H groups in total. The Morgan fingerprint density at radius 3 is 2.95 bits per heavy atom. The predicted octanol–water partition coefficient (Wildman–Crippen LogP) is 3.27. The van der Waals surface area contributed by atoms with Crippen molar-refractivity contribution in [3.63, 3.8) is 0 Å². The second-order valence-corrected chi connectivity index (χ2v) is 5.60. The molecule has 1 aromatic heterocycles. The minimum Gasteiger partial charge on any atom is -0.325 e. The number of nitrogens with one attached hydrogen (secondary N) is 1. The van der Waals surface area contributed by atoms with E-state index in [1.54, 1.807) is 12.4 Å². The van der Waals surface area contributed by atoms with E-state index in [2.05, 4.69) is 22.9 Å². The van der Waals surface area contributed by atoms with E-state index in [9.17, 15) is 4.79 Å². The quantitative estimate of drug-likeness (QED) is 0.839. The van der Waals surface area contributed by atoms with E-state index >= 15 is 0 Å². The van der Waals surface area contributed by atoms with Crippen LogP contribution in [0.15, 0.2) is 36.7 Å². The normalized spacial score (nSPS) is 16.3. The van der Waals surface area contributed by atoms with Gasteiger partial charge in [0.05, 0.1) is 0 Å². The maximum atomic E-state index is 12.1. The topological polar surface area (TPSA) is 42.0 Å². The van der Waals surface area contributed by atoms with Crippen LogP contribution in [0, 0.1) is 5.41 Å². The molecule has 1 fully saturated rings. The number of anilines is 1. The van der Waals surface area contributed by atoms with Crippen molar-refractivity contribution in [2.75, 3.05) is 11.1 Å². The van der Waals surface area contributed by atoms with Crippen LogP contribution in [0.2, 0.25) is 0 Å². The summed E-state index contributed by atoms with van der Waals surface area (Å²) in [5, 5.41) is 5.08. The first kappa shape index (κ1) is 12.5. The molecular weight excluding hydrogens is 256 g/mol. The van der Waals surface area contributed by atoms with Crippen molar-refractivity contribution < 1.29 is 4.79 Å². The van der Waals surface area contributed by atoms with Crippen LogP contribution in [0.5, 0.6) is 0 Å². The third kappa shape index (κ3) is 2.59. The fraction of sp³-hybridized carbons (Fsp3) is 0.333. The molecule has 1 aliphatic rings. The van der Waals surface area contributed by atoms with E-state index in [-0.39, 0.29) is 11.3 Å². The van der Waals surface area contributed by atoms with Gasteiger partial charge in [0.15, 0.2) is 0 Å². The molecule has 0 spiro atoms. The Hall–Kier alpha value is -1.55. The number of pyridine rings is 1. The number of nitrogens with zero attached hydrogens (tertiary/aromatic N) is 1. The van der Waals surface area contributed by atoms with E-state index in [0.29, 0.717) is 6.42 Å². The number of thiol groups is 1. The van der Waals surface area contributed by atoms with Gasteiger partial charge in [-0.1, -0.05) is 12.1 Å². The van der Waals surface area contributed by atoms with Crippen LogP contribution >= 0.6 is 12.6 Å². The average Bonchev–Trinajstić information content (AvgIpc) is 3.19. The molecule has 0 saturated heterocycles. The summed E-state index contributed by atoms with van der Waals surface area (Å²) in [6.45, 7) is 0. The first-order valence-electron chi connectivity index (χ1n) is 6.46. The molecule has 0 bridgehead atoms. The molecule has 1 saturated carbocycles. The number of amides is 1. The summed E-state index contributed by atoms with van der Waals surface area (Å²) in [6, 6.07) is 7.79. The number of aromatic nitrogens is 1. The van der Waals surface area contributed by atoms with E-state index < -0.39 is 0 Å². The summed E-state index contributed by atoms with van der Waals surface area (Å²) < 4.78 is 0. The van der Waals surface area contributed by atoms with Crippen LogP contribution in [0.25, 0.3) is 10.8 Å². The summed E-state index contributed by atoms with van der Waals surface area (Å²) in [4.78, 5) is 16.2. The van der Waals surface area contributed by atoms with E-state index in [4.69, 9.17) is 0 Å². The van der Waals surface area contributed by atoms with Gasteiger partial charge in [-0.25, -0.2) is 0 Å². The van der Waals surface area contributed by atoms with Gasteiger partial charge in [0.2, 0.25) is 5.91 Å². The zero-order valence-electron chi connectivity index (χ0n) is 10.6. The number of rotatable bonds is 4. The van der Waals surface area contributed by atoms with Crippen molar-refractivity contribution in [2.24, 2.45) is 5.41 Å². The lowest BCUT2D eigenvalue weighted by Crippen LogP contribution is -2.18. The zero-order chi connectivity index (χ0) is 13.3. The minimum absolute atomic E-state index is 0.0795. The van der Waals surface area contributed by atoms with Gasteiger partial charge in [0, 0.05) is 35.3 Å². The highest BCUT2D eigenvalue weighted by Crippen LogP contribution is 2.49. The van der Waals surface area contributed by atoms with Crippen molar-refractivity contribution in [3.05, 3.63) is 36.7 Å². The molecule has 1 amide bonds. The molecule has 3 nitrogen and oxygen atoms in total. The summed E-state index contributed by atoms with van der Waals surface area (Å²) in [6.07, 6.45) is 6.35. The molecule has 98 valence electrons. The van der Waals surface area contributed by atoms with Gasteiger partial charge in [-0.3, -0.25) is 9.78 Å². The number of carbonyl (C=O) groups excluding carboxylic acids is 1. The van der Waals surface area contributed by atoms with Crippen molar-refractivity contribution in [1.29, 1.82) is 0 Å². The van der Waals surface area contributed by atoms with Crippen LogP contribution < -0.4 is 5.32 Å². The Balaban J connectivity index is 1.80. The molecule has 19 heavy (non-hydrogen) atoms. The molecular formula is C15H16N2OS. The van der Waals surface area contributed by atoms with Crippen LogP contribution in [-0.4, -0.2) is 16.6 Å². The third-order valence-electron chi connectivity index (χ3n) is 3.78. The average molecular weight is 272 g/mol. The number of hydrogen-bond donors (Lipinski definition) is 2. The first-order chi connectivity index (χ1) is 9.22. The predicted molar refractivity (Wildman–Crippen MR) is 80.5 cm³/mol. The van der Waals surface area contributed by atoms with Gasteiger partial charge < -0.3 is 5.32 Å². The van der Waals surface area contributed by atoms with Gasteiger partial charge in [-0.2, -0.15) is 12.6 Å². The molecule has 2 aromatic rings. The van der Waals surface area contributed by atoms with Crippen LogP contribution in [-0.2, 0) is 4.79 Å². The Bertz CT molecular complexity index is 617. The highest BCUT2D eigenvalue weighted by Gasteiger charge is 2.42. The molecule has 0 aliphatic heterocycles. The Labute approximate surface area is 117 Å². The summed E-state index contributed by atoms with van der Waals surface area (Å²) >= 11 is 4.34. The van der Waals surface area contributed by atoms with Crippen molar-refractivity contribution in [1.82, 2.24) is 4.98 Å². The van der Waals surface area contributed by atoms with Gasteiger partial charge >= 0.3 is 0 Å². The Morgan fingerprint density at radius 2 is 2.21 bits per heavy atom. The molecule has 0 unspecified atom stereocenters. The minimum atomic E-state index is 0.0795. The van der Waals surface area contributed by atoms with Crippen molar-refractivity contribution in [3.8, 4) is 0 Å². The van der Waals surface area contributed by atoms with Gasteiger partial charge in [0.25, 0.3) is 0 Å². The molecule has 1 heterocycles. The summed E-state index contributed by atoms with van der Waals surface area (Å²) in [5.41, 5.74) is 1.01. The lowest BCUT2D eigenvalue weighted by atomic mass is 10.0. The molecule has 1 aromatic carbocycles. The van der Waals surface area contributed by atoms with Gasteiger partial charge in [0.1, 0.15) is 0 Å². The second-order valence-electron chi connectivity index (χ2n) is 5.29. The molecule has 0 atom stereocenters. The summed E-state index contributed by atoms with van der Waals surface area (Å²) in [7, 11) is 0. The Kier molecular flexibility index (Phi) is 3.19. The van der Waals surface area contributed by atoms with Crippen molar-refractivity contribution in [2.45, 2.75) is 19.3 Å². The van der Waals surface area contributed by atoms with Gasteiger partial charge in [-0.05, 0) is 36.1 Å². The molecule has 3 rings (SSSR count). The SMILES string of the molecule is O=C(CC1(CS)CC1)Nc1cccc2cnccc12. The van der Waals surface area contributed by atoms with Crippen LogP contribution in [0.3, 0.4) is 0 Å². The summed E-state index contributed by atoms with van der Waals surface area (Å²) in [5.74, 6) is 0.871. The highest BCUT2D eigenvalue weighted by atomic mass is 32.1. The number of benzene rings is 1. The monoisotopic (exact) mass is 272 g/mol. The molecule has 1 aliphatic carbocycles. The zero-order valence-corrected chi connectivity index (χ0v) is 11.5. The number of hydrogen-bond acceptors (Lipinski definition) is 3. The Morgan fingerprint density at radius 1 is 1.37 bits per heavy atom. The molecule has 0 radical (unpaired) electrons. The van der Waals surface area contributed by atoms with Gasteiger partial charge in [-0.15, -0.1) is 0 Å². The number of fused-ring (bicyclic) bond motifs is 1. The van der Waals surface area contributed by atoms with E-state index in [1.165, 1.54) is 0 Å². The number of carbonyl (C=O) groups is 1. The maximum absolute atomic E-state index is 12.1. The highest BCUT2D eigenvalue weighted by molar-refractivity contribution is 7.80. The standard InChI is InChI=1S/C15H16N2OS/c18-14(8-15(10-19)5-6-15)17-13-3-1-2-11-9-16-7-4-12(11)13/h1-4,7,9,19H,5-6,8,10H2,(H,17,18). The first-order valence-corrected chi connectivity index (χ1v) is 7.09. The van der Waals surface area contributed by atoms with Crippen LogP contribution in [0.4, 0.5) is 5.69 Å². The van der Waals surface area contributed by atoms with E-state index in [1.807, 2.05) is 24.3 Å². The largest absolute Gasteiger partial charge is 0.325 e. The van der Waals surface area contributed by atoms with Crippen LogP contribution in [0.1, 0.15) is 19.3 Å². The smallest absolute Gasteiger partial charge is 0.224 e. The second kappa shape index (κ2) is 4.85. The van der Waals surface area contributed by atoms with Crippen molar-refractivity contribution >= 4 is 35.0 Å². The lowest BCUT2D eigenvalue weighted by molar-refractivity contribution is -0.117. The van der Waals surface area contributed by atoms with E-state index in [0.717, 1.165) is 35.1 Å². The maximum Gasteiger partial charge on any atom is 0.224 e. The molecule has 4 heteroatoms. The fourth-order valence-electron chi connectivity index (χ4n) is 2.33. The third-order valence-corrected chi connectivity index (χ3v) is 4.45. The fourth-order valence-corrected chi connectivity index (χ4v) is 2.76.